The van der Waals surface area contributed by atoms with Crippen molar-refractivity contribution in [3.05, 3.63) is 30.1 Å². The third-order valence-electron chi connectivity index (χ3n) is 3.17. The van der Waals surface area contributed by atoms with E-state index >= 15 is 0 Å². The summed E-state index contributed by atoms with van der Waals surface area (Å²) in [7, 11) is 0. The lowest BCUT2D eigenvalue weighted by molar-refractivity contribution is 0.0802. The van der Waals surface area contributed by atoms with Gasteiger partial charge in [0.1, 0.15) is 0 Å². The van der Waals surface area contributed by atoms with Gasteiger partial charge in [0.05, 0.1) is 11.8 Å². The van der Waals surface area contributed by atoms with Crippen LogP contribution in [0.2, 0.25) is 0 Å². The molecule has 0 radical (unpaired) electrons. The summed E-state index contributed by atoms with van der Waals surface area (Å²) in [6.45, 7) is 5.25. The lowest BCUT2D eigenvalue weighted by Gasteiger charge is -2.24. The van der Waals surface area contributed by atoms with E-state index in [4.69, 9.17) is 4.74 Å². The van der Waals surface area contributed by atoms with E-state index < -0.39 is 0 Å². The highest BCUT2D eigenvalue weighted by Crippen LogP contribution is 2.18. The van der Waals surface area contributed by atoms with Gasteiger partial charge in [-0.25, -0.2) is 0 Å². The van der Waals surface area contributed by atoms with Gasteiger partial charge in [0.2, 0.25) is 0 Å². The second-order valence-electron chi connectivity index (χ2n) is 4.48. The molecule has 1 aliphatic heterocycles. The molecule has 0 aliphatic carbocycles. The molecule has 88 valence electrons. The van der Waals surface area contributed by atoms with Crippen molar-refractivity contribution in [2.45, 2.75) is 44.9 Å². The van der Waals surface area contributed by atoms with Crippen molar-refractivity contribution in [2.75, 3.05) is 6.61 Å². The Morgan fingerprint density at radius 2 is 2.31 bits per heavy atom. The summed E-state index contributed by atoms with van der Waals surface area (Å²) in [6, 6.07) is 6.69. The molecule has 3 heteroatoms. The van der Waals surface area contributed by atoms with Gasteiger partial charge in [-0.2, -0.15) is 0 Å². The van der Waals surface area contributed by atoms with Gasteiger partial charge < -0.3 is 10.1 Å². The molecule has 2 heterocycles. The van der Waals surface area contributed by atoms with Gasteiger partial charge in [0.15, 0.2) is 0 Å². The summed E-state index contributed by atoms with van der Waals surface area (Å²) in [5.41, 5.74) is 1.09. The van der Waals surface area contributed by atoms with Crippen LogP contribution in [0.4, 0.5) is 0 Å². The van der Waals surface area contributed by atoms with Gasteiger partial charge in [-0.15, -0.1) is 0 Å². The van der Waals surface area contributed by atoms with Crippen LogP contribution in [0.1, 0.15) is 38.4 Å². The quantitative estimate of drug-likeness (QED) is 0.845. The molecule has 1 aromatic heterocycles. The van der Waals surface area contributed by atoms with Gasteiger partial charge in [-0.1, -0.05) is 6.07 Å². The number of rotatable bonds is 4. The van der Waals surface area contributed by atoms with Gasteiger partial charge in [-0.3, -0.25) is 4.98 Å². The molecule has 0 bridgehead atoms. The van der Waals surface area contributed by atoms with Crippen LogP contribution in [0.15, 0.2) is 24.4 Å². The van der Waals surface area contributed by atoms with E-state index in [0.717, 1.165) is 12.3 Å². The predicted molar refractivity (Wildman–Crippen MR) is 64.2 cm³/mol. The molecule has 1 N–H and O–H groups in total. The first-order valence-corrected chi connectivity index (χ1v) is 6.06. The van der Waals surface area contributed by atoms with Crippen LogP contribution in [0.25, 0.3) is 0 Å². The van der Waals surface area contributed by atoms with Gasteiger partial charge in [-0.05, 0) is 38.8 Å². The first-order valence-electron chi connectivity index (χ1n) is 6.06. The SMILES string of the molecule is CC(NC(C)C1CCCO1)c1ccccn1. The van der Waals surface area contributed by atoms with Gasteiger partial charge in [0, 0.05) is 24.9 Å². The molecule has 16 heavy (non-hydrogen) atoms. The Labute approximate surface area is 97.2 Å². The third-order valence-corrected chi connectivity index (χ3v) is 3.17. The zero-order chi connectivity index (χ0) is 11.4. The normalized spacial score (nSPS) is 24.2. The highest BCUT2D eigenvalue weighted by Gasteiger charge is 2.23. The number of pyridine rings is 1. The minimum atomic E-state index is 0.278. The Bertz CT molecular complexity index is 309. The van der Waals surface area contributed by atoms with E-state index in [1.54, 1.807) is 0 Å². The molecule has 2 rings (SSSR count). The van der Waals surface area contributed by atoms with Crippen LogP contribution in [-0.2, 0) is 4.74 Å². The third kappa shape index (κ3) is 2.80. The van der Waals surface area contributed by atoms with Crippen molar-refractivity contribution in [2.24, 2.45) is 0 Å². The fourth-order valence-corrected chi connectivity index (χ4v) is 2.22. The summed E-state index contributed by atoms with van der Waals surface area (Å²) in [4.78, 5) is 4.36. The average molecular weight is 220 g/mol. The first kappa shape index (κ1) is 11.6. The average Bonchev–Trinajstić information content (AvgIpc) is 2.83. The topological polar surface area (TPSA) is 34.1 Å². The van der Waals surface area contributed by atoms with Crippen LogP contribution in [0.3, 0.4) is 0 Å². The minimum Gasteiger partial charge on any atom is -0.377 e. The summed E-state index contributed by atoms with van der Waals surface area (Å²) in [5, 5.41) is 3.55. The van der Waals surface area contributed by atoms with Crippen molar-refractivity contribution in [1.29, 1.82) is 0 Å². The predicted octanol–water partition coefficient (Wildman–Crippen LogP) is 2.30. The van der Waals surface area contributed by atoms with E-state index in [9.17, 15) is 0 Å². The van der Waals surface area contributed by atoms with E-state index in [1.165, 1.54) is 12.8 Å². The Hall–Kier alpha value is -0.930. The number of hydrogen-bond donors (Lipinski definition) is 1. The Morgan fingerprint density at radius 3 is 2.94 bits per heavy atom. The molecule has 3 atom stereocenters. The monoisotopic (exact) mass is 220 g/mol. The fraction of sp³-hybridized carbons (Fsp3) is 0.615. The van der Waals surface area contributed by atoms with Crippen molar-refractivity contribution in [3.8, 4) is 0 Å². The summed E-state index contributed by atoms with van der Waals surface area (Å²) in [6.07, 6.45) is 4.56. The lowest BCUT2D eigenvalue weighted by Crippen LogP contribution is -2.38. The molecule has 3 unspecified atom stereocenters. The molecule has 1 fully saturated rings. The maximum absolute atomic E-state index is 5.67. The highest BCUT2D eigenvalue weighted by atomic mass is 16.5. The molecular weight excluding hydrogens is 200 g/mol. The van der Waals surface area contributed by atoms with Crippen LogP contribution in [0, 0.1) is 0 Å². The van der Waals surface area contributed by atoms with Crippen LogP contribution in [0.5, 0.6) is 0 Å². The fourth-order valence-electron chi connectivity index (χ4n) is 2.22. The molecule has 0 spiro atoms. The molecule has 0 saturated carbocycles. The van der Waals surface area contributed by atoms with Crippen molar-refractivity contribution < 1.29 is 4.74 Å². The van der Waals surface area contributed by atoms with Crippen molar-refractivity contribution in [3.63, 3.8) is 0 Å². The molecule has 0 amide bonds. The smallest absolute Gasteiger partial charge is 0.0726 e. The van der Waals surface area contributed by atoms with Crippen molar-refractivity contribution >= 4 is 0 Å². The second-order valence-corrected chi connectivity index (χ2v) is 4.48. The second kappa shape index (κ2) is 5.41. The molecule has 1 saturated heterocycles. The van der Waals surface area contributed by atoms with E-state index in [-0.39, 0.29) is 6.04 Å². The molecule has 0 aromatic carbocycles. The van der Waals surface area contributed by atoms with Crippen molar-refractivity contribution in [1.82, 2.24) is 10.3 Å². The highest BCUT2D eigenvalue weighted by molar-refractivity contribution is 5.08. The van der Waals surface area contributed by atoms with Gasteiger partial charge in [0.25, 0.3) is 0 Å². The summed E-state index contributed by atoms with van der Waals surface area (Å²) in [5.74, 6) is 0. The van der Waals surface area contributed by atoms with E-state index in [0.29, 0.717) is 12.1 Å². The van der Waals surface area contributed by atoms with E-state index in [2.05, 4.69) is 30.2 Å². The van der Waals surface area contributed by atoms with Crippen LogP contribution >= 0.6 is 0 Å². The maximum atomic E-state index is 5.67. The van der Waals surface area contributed by atoms with Crippen LogP contribution < -0.4 is 5.32 Å². The Morgan fingerprint density at radius 1 is 1.44 bits per heavy atom. The Kier molecular flexibility index (Phi) is 3.91. The molecule has 1 aliphatic rings. The lowest BCUT2D eigenvalue weighted by atomic mass is 10.1. The number of hydrogen-bond acceptors (Lipinski definition) is 3. The van der Waals surface area contributed by atoms with Crippen LogP contribution in [-0.4, -0.2) is 23.7 Å². The largest absolute Gasteiger partial charge is 0.377 e. The molecule has 1 aromatic rings. The van der Waals surface area contributed by atoms with Gasteiger partial charge >= 0.3 is 0 Å². The molecular formula is C13H20N2O. The summed E-state index contributed by atoms with van der Waals surface area (Å²) >= 11 is 0. The summed E-state index contributed by atoms with van der Waals surface area (Å²) < 4.78 is 5.67. The zero-order valence-corrected chi connectivity index (χ0v) is 10.0. The molecule has 3 nitrogen and oxygen atoms in total. The Balaban J connectivity index is 1.89. The first-order chi connectivity index (χ1) is 7.77. The zero-order valence-electron chi connectivity index (χ0n) is 10.0. The maximum Gasteiger partial charge on any atom is 0.0726 e. The number of nitrogens with one attached hydrogen (secondary N) is 1. The van der Waals surface area contributed by atoms with E-state index in [1.807, 2.05) is 18.3 Å². The number of ether oxygens (including phenoxy) is 1. The minimum absolute atomic E-state index is 0.278. The number of aromatic nitrogens is 1. The number of nitrogens with zero attached hydrogens (tertiary/aromatic N) is 1. The standard InChI is InChI=1S/C13H20N2O/c1-10(12-6-3-4-8-14-12)15-11(2)13-7-5-9-16-13/h3-4,6,8,10-11,13,15H,5,7,9H2,1-2H3.